The Bertz CT molecular complexity index is 393. The first-order chi connectivity index (χ1) is 7.75. The third kappa shape index (κ3) is 3.66. The number of hydrogen-bond donors (Lipinski definition) is 2. The predicted octanol–water partition coefficient (Wildman–Crippen LogP) is 2.60. The molecule has 16 heavy (non-hydrogen) atoms. The van der Waals surface area contributed by atoms with Crippen LogP contribution in [0.25, 0.3) is 0 Å². The van der Waals surface area contributed by atoms with E-state index in [9.17, 15) is 4.79 Å². The van der Waals surface area contributed by atoms with Gasteiger partial charge in [-0.25, -0.2) is 4.79 Å². The van der Waals surface area contributed by atoms with Crippen molar-refractivity contribution in [3.05, 3.63) is 29.8 Å². The molecule has 0 fully saturated rings. The molecule has 0 heterocycles. The van der Waals surface area contributed by atoms with Crippen molar-refractivity contribution in [2.45, 2.75) is 19.3 Å². The van der Waals surface area contributed by atoms with Crippen molar-refractivity contribution >= 4 is 11.7 Å². The third-order valence-electron chi connectivity index (χ3n) is 2.22. The quantitative estimate of drug-likeness (QED) is 0.568. The second-order valence-corrected chi connectivity index (χ2v) is 3.44. The van der Waals surface area contributed by atoms with Crippen molar-refractivity contribution in [1.29, 1.82) is 0 Å². The molecule has 0 aliphatic rings. The molecule has 1 rings (SSSR count). The van der Waals surface area contributed by atoms with Crippen LogP contribution in [-0.2, 0) is 0 Å². The largest absolute Gasteiger partial charge is 0.478 e. The predicted molar refractivity (Wildman–Crippen MR) is 64.6 cm³/mol. The van der Waals surface area contributed by atoms with Gasteiger partial charge in [-0.15, -0.1) is 12.3 Å². The second-order valence-electron chi connectivity index (χ2n) is 3.44. The fraction of sp³-hybridized carbons (Fsp3) is 0.308. The molecular formula is C13H15NO2. The summed E-state index contributed by atoms with van der Waals surface area (Å²) in [5.74, 6) is 1.66. The Morgan fingerprint density at radius 2 is 2.12 bits per heavy atom. The van der Waals surface area contributed by atoms with Gasteiger partial charge in [-0.3, -0.25) is 0 Å². The smallest absolute Gasteiger partial charge is 0.337 e. The summed E-state index contributed by atoms with van der Waals surface area (Å²) in [6.45, 7) is 0.742. The lowest BCUT2D eigenvalue weighted by atomic mass is 10.1. The summed E-state index contributed by atoms with van der Waals surface area (Å²) < 4.78 is 0. The molecule has 1 aromatic rings. The molecule has 0 aromatic heterocycles. The summed E-state index contributed by atoms with van der Waals surface area (Å²) in [6, 6.07) is 6.89. The van der Waals surface area contributed by atoms with Crippen molar-refractivity contribution in [2.24, 2.45) is 0 Å². The summed E-state index contributed by atoms with van der Waals surface area (Å²) in [7, 11) is 0. The highest BCUT2D eigenvalue weighted by Crippen LogP contribution is 2.14. The number of benzene rings is 1. The number of carboxylic acids is 1. The zero-order chi connectivity index (χ0) is 11.8. The maximum atomic E-state index is 10.9. The molecule has 0 aliphatic heterocycles. The van der Waals surface area contributed by atoms with Crippen LogP contribution in [0.3, 0.4) is 0 Å². The molecule has 1 aromatic carbocycles. The number of para-hydroxylation sites is 1. The Kier molecular flexibility index (Phi) is 4.94. The van der Waals surface area contributed by atoms with Gasteiger partial charge in [0.25, 0.3) is 0 Å². The van der Waals surface area contributed by atoms with Crippen LogP contribution >= 0.6 is 0 Å². The van der Waals surface area contributed by atoms with Gasteiger partial charge in [0.2, 0.25) is 0 Å². The molecule has 0 unspecified atom stereocenters. The van der Waals surface area contributed by atoms with E-state index in [0.29, 0.717) is 11.3 Å². The number of rotatable bonds is 6. The van der Waals surface area contributed by atoms with Gasteiger partial charge in [0, 0.05) is 18.7 Å². The van der Waals surface area contributed by atoms with E-state index in [0.717, 1.165) is 25.8 Å². The highest BCUT2D eigenvalue weighted by atomic mass is 16.4. The van der Waals surface area contributed by atoms with Gasteiger partial charge in [0.1, 0.15) is 0 Å². The molecule has 0 radical (unpaired) electrons. The van der Waals surface area contributed by atoms with Crippen LogP contribution in [0.4, 0.5) is 5.69 Å². The summed E-state index contributed by atoms with van der Waals surface area (Å²) in [5, 5.41) is 12.0. The molecule has 3 heteroatoms. The van der Waals surface area contributed by atoms with Gasteiger partial charge >= 0.3 is 5.97 Å². The van der Waals surface area contributed by atoms with E-state index in [1.807, 2.05) is 6.07 Å². The van der Waals surface area contributed by atoms with E-state index in [4.69, 9.17) is 11.5 Å². The van der Waals surface area contributed by atoms with Gasteiger partial charge in [-0.1, -0.05) is 12.1 Å². The second kappa shape index (κ2) is 6.52. The number of nitrogens with one attached hydrogen (secondary N) is 1. The van der Waals surface area contributed by atoms with E-state index in [1.165, 1.54) is 0 Å². The summed E-state index contributed by atoms with van der Waals surface area (Å²) >= 11 is 0. The molecule has 0 atom stereocenters. The molecule has 0 spiro atoms. The molecule has 0 saturated carbocycles. The number of carboxylic acid groups (broad SMARTS) is 1. The van der Waals surface area contributed by atoms with Crippen LogP contribution in [0.5, 0.6) is 0 Å². The fourth-order valence-corrected chi connectivity index (χ4v) is 1.40. The van der Waals surface area contributed by atoms with Crippen molar-refractivity contribution in [1.82, 2.24) is 0 Å². The SMILES string of the molecule is C#CCCCCNc1ccccc1C(=O)O. The molecule has 0 aliphatic carbocycles. The van der Waals surface area contributed by atoms with Crippen molar-refractivity contribution < 1.29 is 9.90 Å². The van der Waals surface area contributed by atoms with Crippen molar-refractivity contribution in [3.63, 3.8) is 0 Å². The topological polar surface area (TPSA) is 49.3 Å². The van der Waals surface area contributed by atoms with Gasteiger partial charge in [0.05, 0.1) is 5.56 Å². The number of hydrogen-bond acceptors (Lipinski definition) is 2. The van der Waals surface area contributed by atoms with E-state index in [-0.39, 0.29) is 0 Å². The lowest BCUT2D eigenvalue weighted by Crippen LogP contribution is -2.07. The van der Waals surface area contributed by atoms with Gasteiger partial charge in [0.15, 0.2) is 0 Å². The zero-order valence-electron chi connectivity index (χ0n) is 9.07. The molecule has 0 bridgehead atoms. The average Bonchev–Trinajstić information content (AvgIpc) is 2.29. The van der Waals surface area contributed by atoms with Crippen LogP contribution < -0.4 is 5.32 Å². The van der Waals surface area contributed by atoms with Crippen LogP contribution in [0.1, 0.15) is 29.6 Å². The summed E-state index contributed by atoms with van der Waals surface area (Å²) in [4.78, 5) is 10.9. The van der Waals surface area contributed by atoms with E-state index >= 15 is 0 Å². The van der Waals surface area contributed by atoms with E-state index in [1.54, 1.807) is 18.2 Å². The minimum atomic E-state index is -0.910. The first-order valence-electron chi connectivity index (χ1n) is 5.25. The minimum absolute atomic E-state index is 0.305. The molecule has 2 N–H and O–H groups in total. The first kappa shape index (κ1) is 12.1. The number of unbranched alkanes of at least 4 members (excludes halogenated alkanes) is 2. The Morgan fingerprint density at radius 1 is 1.38 bits per heavy atom. The maximum Gasteiger partial charge on any atom is 0.337 e. The monoisotopic (exact) mass is 217 g/mol. The summed E-state index contributed by atoms with van der Waals surface area (Å²) in [6.07, 6.45) is 7.80. The third-order valence-corrected chi connectivity index (χ3v) is 2.22. The number of terminal acetylenes is 1. The summed E-state index contributed by atoms with van der Waals surface area (Å²) in [5.41, 5.74) is 0.968. The van der Waals surface area contributed by atoms with E-state index in [2.05, 4.69) is 11.2 Å². The van der Waals surface area contributed by atoms with Crippen LogP contribution in [0.15, 0.2) is 24.3 Å². The normalized spacial score (nSPS) is 9.44. The molecule has 0 amide bonds. The van der Waals surface area contributed by atoms with Gasteiger partial charge < -0.3 is 10.4 Å². The lowest BCUT2D eigenvalue weighted by molar-refractivity contribution is 0.0698. The zero-order valence-corrected chi connectivity index (χ0v) is 9.07. The molecule has 0 saturated heterocycles. The minimum Gasteiger partial charge on any atom is -0.478 e. The molecular weight excluding hydrogens is 202 g/mol. The number of anilines is 1. The number of carbonyl (C=O) groups is 1. The number of aromatic carboxylic acids is 1. The van der Waals surface area contributed by atoms with E-state index < -0.39 is 5.97 Å². The Labute approximate surface area is 95.5 Å². The highest BCUT2D eigenvalue weighted by molar-refractivity contribution is 5.94. The van der Waals surface area contributed by atoms with Crippen LogP contribution in [0, 0.1) is 12.3 Å². The van der Waals surface area contributed by atoms with Crippen molar-refractivity contribution in [2.75, 3.05) is 11.9 Å². The maximum absolute atomic E-state index is 10.9. The molecule has 84 valence electrons. The fourth-order valence-electron chi connectivity index (χ4n) is 1.40. The van der Waals surface area contributed by atoms with Crippen molar-refractivity contribution in [3.8, 4) is 12.3 Å². The van der Waals surface area contributed by atoms with Crippen LogP contribution in [-0.4, -0.2) is 17.6 Å². The Morgan fingerprint density at radius 3 is 2.81 bits per heavy atom. The first-order valence-corrected chi connectivity index (χ1v) is 5.25. The van der Waals surface area contributed by atoms with Gasteiger partial charge in [-0.05, 0) is 25.0 Å². The standard InChI is InChI=1S/C13H15NO2/c1-2-3-4-7-10-14-12-9-6-5-8-11(12)13(15)16/h1,5-6,8-9,14H,3-4,7,10H2,(H,15,16). The highest BCUT2D eigenvalue weighted by Gasteiger charge is 2.07. The van der Waals surface area contributed by atoms with Gasteiger partial charge in [-0.2, -0.15) is 0 Å². The molecule has 3 nitrogen and oxygen atoms in total. The lowest BCUT2D eigenvalue weighted by Gasteiger charge is -2.08. The van der Waals surface area contributed by atoms with Crippen LogP contribution in [0.2, 0.25) is 0 Å². The Hall–Kier alpha value is -1.95. The average molecular weight is 217 g/mol. The Balaban J connectivity index is 2.47.